The molecule has 84 valence electrons. The number of hydrogen-bond acceptors (Lipinski definition) is 2. The molecule has 2 N–H and O–H groups in total. The summed E-state index contributed by atoms with van der Waals surface area (Å²) in [7, 11) is 0. The van der Waals surface area contributed by atoms with Crippen LogP contribution in [0, 0.1) is 0 Å². The molecule has 1 unspecified atom stereocenters. The molecule has 3 nitrogen and oxygen atoms in total. The highest BCUT2D eigenvalue weighted by molar-refractivity contribution is 5.86. The van der Waals surface area contributed by atoms with E-state index >= 15 is 0 Å². The highest BCUT2D eigenvalue weighted by Crippen LogP contribution is 2.20. The fourth-order valence-electron chi connectivity index (χ4n) is 2.33. The highest BCUT2D eigenvalue weighted by Gasteiger charge is 2.35. The molecule has 0 spiro atoms. The summed E-state index contributed by atoms with van der Waals surface area (Å²) in [6.07, 6.45) is 9.56. The van der Waals surface area contributed by atoms with E-state index in [1.54, 1.807) is 0 Å². The molecular weight excluding hydrogens is 188 g/mol. The predicted molar refractivity (Wildman–Crippen MR) is 60.6 cm³/mol. The molecule has 1 amide bonds. The maximum absolute atomic E-state index is 12.1. The second kappa shape index (κ2) is 4.35. The van der Waals surface area contributed by atoms with Crippen molar-refractivity contribution in [2.45, 2.75) is 50.6 Å². The van der Waals surface area contributed by atoms with Crippen LogP contribution < -0.4 is 10.6 Å². The molecular formula is C12H20N2O. The predicted octanol–water partition coefficient (Wildman–Crippen LogP) is 1.35. The molecule has 0 bridgehead atoms. The zero-order valence-electron chi connectivity index (χ0n) is 9.38. The molecule has 2 rings (SSSR count). The Labute approximate surface area is 91.3 Å². The average Bonchev–Trinajstić information content (AvgIpc) is 2.71. The zero-order valence-corrected chi connectivity index (χ0v) is 9.38. The minimum atomic E-state index is -0.332. The number of carbonyl (C=O) groups excluding carboxylic acids is 1. The molecule has 3 heteroatoms. The van der Waals surface area contributed by atoms with E-state index in [2.05, 4.69) is 22.8 Å². The molecule has 1 heterocycles. The van der Waals surface area contributed by atoms with Gasteiger partial charge in [0.15, 0.2) is 0 Å². The molecule has 0 radical (unpaired) electrons. The minimum absolute atomic E-state index is 0.177. The van der Waals surface area contributed by atoms with E-state index in [0.717, 1.165) is 32.2 Å². The van der Waals surface area contributed by atoms with E-state index in [1.807, 2.05) is 6.92 Å². The summed E-state index contributed by atoms with van der Waals surface area (Å²) in [6, 6.07) is 0.332. The maximum Gasteiger partial charge on any atom is 0.240 e. The lowest BCUT2D eigenvalue weighted by Gasteiger charge is -2.34. The van der Waals surface area contributed by atoms with Crippen molar-refractivity contribution in [2.75, 3.05) is 6.54 Å². The summed E-state index contributed by atoms with van der Waals surface area (Å²) >= 11 is 0. The summed E-state index contributed by atoms with van der Waals surface area (Å²) in [5.41, 5.74) is -0.332. The van der Waals surface area contributed by atoms with Crippen molar-refractivity contribution in [3.8, 4) is 0 Å². The first-order valence-corrected chi connectivity index (χ1v) is 5.92. The van der Waals surface area contributed by atoms with Crippen LogP contribution in [0.3, 0.4) is 0 Å². The van der Waals surface area contributed by atoms with Gasteiger partial charge in [-0.15, -0.1) is 0 Å². The van der Waals surface area contributed by atoms with E-state index < -0.39 is 0 Å². The van der Waals surface area contributed by atoms with Crippen LogP contribution in [-0.4, -0.2) is 24.0 Å². The van der Waals surface area contributed by atoms with E-state index in [-0.39, 0.29) is 11.4 Å². The average molecular weight is 208 g/mol. The number of carbonyl (C=O) groups is 1. The van der Waals surface area contributed by atoms with Gasteiger partial charge in [-0.05, 0) is 45.6 Å². The van der Waals surface area contributed by atoms with Crippen LogP contribution in [0.1, 0.15) is 39.0 Å². The monoisotopic (exact) mass is 208 g/mol. The van der Waals surface area contributed by atoms with Crippen molar-refractivity contribution in [3.63, 3.8) is 0 Å². The topological polar surface area (TPSA) is 41.1 Å². The zero-order chi connectivity index (χ0) is 10.7. The van der Waals surface area contributed by atoms with Gasteiger partial charge in [-0.2, -0.15) is 0 Å². The Balaban J connectivity index is 1.88. The summed E-state index contributed by atoms with van der Waals surface area (Å²) in [5.74, 6) is 0.177. The van der Waals surface area contributed by atoms with E-state index in [0.29, 0.717) is 6.04 Å². The van der Waals surface area contributed by atoms with Gasteiger partial charge in [-0.3, -0.25) is 4.79 Å². The standard InChI is InChI=1S/C12H20N2O/c1-12(8-4-5-9-13-12)11(15)14-10-6-2-3-7-10/h2-3,10,13H,4-9H2,1H3,(H,14,15). The lowest BCUT2D eigenvalue weighted by atomic mass is 9.90. The molecule has 1 aliphatic heterocycles. The van der Waals surface area contributed by atoms with Crippen molar-refractivity contribution in [1.29, 1.82) is 0 Å². The number of amides is 1. The van der Waals surface area contributed by atoms with Crippen molar-refractivity contribution in [2.24, 2.45) is 0 Å². The second-order valence-corrected chi connectivity index (χ2v) is 4.83. The number of hydrogen-bond donors (Lipinski definition) is 2. The van der Waals surface area contributed by atoms with Gasteiger partial charge in [0.25, 0.3) is 0 Å². The normalized spacial score (nSPS) is 31.8. The van der Waals surface area contributed by atoms with Gasteiger partial charge in [0.05, 0.1) is 5.54 Å². The molecule has 1 atom stereocenters. The first kappa shape index (κ1) is 10.7. The molecule has 0 aromatic heterocycles. The van der Waals surface area contributed by atoms with Gasteiger partial charge < -0.3 is 10.6 Å². The number of piperidine rings is 1. The van der Waals surface area contributed by atoms with Crippen LogP contribution in [0.25, 0.3) is 0 Å². The van der Waals surface area contributed by atoms with Crippen LogP contribution in [0.4, 0.5) is 0 Å². The molecule has 1 aliphatic carbocycles. The summed E-state index contributed by atoms with van der Waals surface area (Å²) in [4.78, 5) is 12.1. The third-order valence-electron chi connectivity index (χ3n) is 3.46. The molecule has 1 saturated heterocycles. The van der Waals surface area contributed by atoms with Crippen molar-refractivity contribution < 1.29 is 4.79 Å². The second-order valence-electron chi connectivity index (χ2n) is 4.83. The summed E-state index contributed by atoms with van der Waals surface area (Å²) in [6.45, 7) is 2.98. The van der Waals surface area contributed by atoms with Crippen LogP contribution in [0.15, 0.2) is 12.2 Å². The Morgan fingerprint density at radius 3 is 2.73 bits per heavy atom. The van der Waals surface area contributed by atoms with E-state index in [9.17, 15) is 4.79 Å². The number of rotatable bonds is 2. The Bertz CT molecular complexity index is 259. The molecule has 1 fully saturated rings. The Morgan fingerprint density at radius 2 is 2.13 bits per heavy atom. The van der Waals surface area contributed by atoms with Crippen molar-refractivity contribution in [1.82, 2.24) is 10.6 Å². The number of nitrogens with one attached hydrogen (secondary N) is 2. The van der Waals surface area contributed by atoms with Crippen molar-refractivity contribution in [3.05, 3.63) is 12.2 Å². The fourth-order valence-corrected chi connectivity index (χ4v) is 2.33. The molecule has 0 aromatic carbocycles. The van der Waals surface area contributed by atoms with E-state index in [4.69, 9.17) is 0 Å². The van der Waals surface area contributed by atoms with Gasteiger partial charge in [-0.25, -0.2) is 0 Å². The molecule has 2 aliphatic rings. The smallest absolute Gasteiger partial charge is 0.240 e. The molecule has 0 saturated carbocycles. The largest absolute Gasteiger partial charge is 0.351 e. The van der Waals surface area contributed by atoms with Gasteiger partial charge in [-0.1, -0.05) is 12.2 Å². The van der Waals surface area contributed by atoms with Crippen LogP contribution in [0.2, 0.25) is 0 Å². The molecule has 0 aromatic rings. The summed E-state index contributed by atoms with van der Waals surface area (Å²) in [5, 5.41) is 6.46. The van der Waals surface area contributed by atoms with Crippen molar-refractivity contribution >= 4 is 5.91 Å². The lowest BCUT2D eigenvalue weighted by Crippen LogP contribution is -2.58. The summed E-state index contributed by atoms with van der Waals surface area (Å²) < 4.78 is 0. The van der Waals surface area contributed by atoms with Gasteiger partial charge in [0, 0.05) is 6.04 Å². The van der Waals surface area contributed by atoms with Crippen LogP contribution in [0.5, 0.6) is 0 Å². The Morgan fingerprint density at radius 1 is 1.40 bits per heavy atom. The van der Waals surface area contributed by atoms with Gasteiger partial charge in [0.1, 0.15) is 0 Å². The lowest BCUT2D eigenvalue weighted by molar-refractivity contribution is -0.128. The third kappa shape index (κ3) is 2.40. The quantitative estimate of drug-likeness (QED) is 0.673. The van der Waals surface area contributed by atoms with Crippen LogP contribution >= 0.6 is 0 Å². The van der Waals surface area contributed by atoms with Crippen LogP contribution in [-0.2, 0) is 4.79 Å². The first-order valence-electron chi connectivity index (χ1n) is 5.92. The van der Waals surface area contributed by atoms with Gasteiger partial charge >= 0.3 is 0 Å². The molecule has 15 heavy (non-hydrogen) atoms. The first-order chi connectivity index (χ1) is 7.21. The highest BCUT2D eigenvalue weighted by atomic mass is 16.2. The third-order valence-corrected chi connectivity index (χ3v) is 3.46. The van der Waals surface area contributed by atoms with Gasteiger partial charge in [0.2, 0.25) is 5.91 Å². The minimum Gasteiger partial charge on any atom is -0.351 e. The SMILES string of the molecule is CC1(C(=O)NC2CC=CC2)CCCCN1. The Hall–Kier alpha value is -0.830. The maximum atomic E-state index is 12.1. The Kier molecular flexibility index (Phi) is 3.10. The van der Waals surface area contributed by atoms with E-state index in [1.165, 1.54) is 6.42 Å². The fraction of sp³-hybridized carbons (Fsp3) is 0.750.